The lowest BCUT2D eigenvalue weighted by Gasteiger charge is -2.09. The van der Waals surface area contributed by atoms with Crippen LogP contribution >= 0.6 is 0 Å². The Kier molecular flexibility index (Phi) is 3.14. The first-order valence-corrected chi connectivity index (χ1v) is 6.46. The Morgan fingerprint density at radius 3 is 2.89 bits per heavy atom. The Bertz CT molecular complexity index is 682. The molecule has 19 heavy (non-hydrogen) atoms. The molecule has 0 aliphatic heterocycles. The van der Waals surface area contributed by atoms with Gasteiger partial charge in [0.1, 0.15) is 5.82 Å². The van der Waals surface area contributed by atoms with Crippen molar-refractivity contribution in [3.63, 3.8) is 0 Å². The van der Waals surface area contributed by atoms with Crippen LogP contribution in [0.15, 0.2) is 48.9 Å². The zero-order valence-electron chi connectivity index (χ0n) is 10.9. The van der Waals surface area contributed by atoms with Crippen LogP contribution in [0.2, 0.25) is 0 Å². The van der Waals surface area contributed by atoms with Gasteiger partial charge in [0, 0.05) is 30.5 Å². The number of hydrogen-bond acceptors (Lipinski definition) is 3. The van der Waals surface area contributed by atoms with Gasteiger partial charge in [0.05, 0.1) is 17.7 Å². The van der Waals surface area contributed by atoms with Crippen LogP contribution in [0.3, 0.4) is 0 Å². The van der Waals surface area contributed by atoms with E-state index in [1.165, 1.54) is 0 Å². The highest BCUT2D eigenvalue weighted by molar-refractivity contribution is 5.90. The van der Waals surface area contributed by atoms with E-state index in [0.29, 0.717) is 6.54 Å². The molecule has 0 spiro atoms. The van der Waals surface area contributed by atoms with Crippen molar-refractivity contribution < 1.29 is 0 Å². The smallest absolute Gasteiger partial charge is 0.128 e. The number of fused-ring (bicyclic) bond motifs is 1. The third kappa shape index (κ3) is 2.29. The molecule has 3 rings (SSSR count). The first kappa shape index (κ1) is 11.7. The van der Waals surface area contributed by atoms with Crippen molar-refractivity contribution in [3.05, 3.63) is 54.7 Å². The lowest BCUT2D eigenvalue weighted by atomic mass is 10.2. The Morgan fingerprint density at radius 1 is 1.11 bits per heavy atom. The number of para-hydroxylation sites is 1. The minimum atomic E-state index is 0.705. The van der Waals surface area contributed by atoms with Crippen molar-refractivity contribution in [2.24, 2.45) is 0 Å². The Morgan fingerprint density at radius 2 is 2.00 bits per heavy atom. The standard InChI is InChI=1S/C15H16N4/c1-2-19-10-9-16-14(19)11-18-13-7-3-5-12-6-4-8-17-15(12)13/h3-10,18H,2,11H2,1H3. The van der Waals surface area contributed by atoms with Crippen LogP contribution in [0.4, 0.5) is 5.69 Å². The summed E-state index contributed by atoms with van der Waals surface area (Å²) in [7, 11) is 0. The molecule has 0 atom stereocenters. The maximum Gasteiger partial charge on any atom is 0.128 e. The Hall–Kier alpha value is -2.36. The monoisotopic (exact) mass is 252 g/mol. The van der Waals surface area contributed by atoms with Gasteiger partial charge in [-0.3, -0.25) is 4.98 Å². The quantitative estimate of drug-likeness (QED) is 0.776. The van der Waals surface area contributed by atoms with Crippen LogP contribution in [0.1, 0.15) is 12.7 Å². The fourth-order valence-electron chi connectivity index (χ4n) is 2.22. The molecule has 3 aromatic rings. The summed E-state index contributed by atoms with van der Waals surface area (Å²) in [5, 5.41) is 4.56. The van der Waals surface area contributed by atoms with Gasteiger partial charge in [0.15, 0.2) is 0 Å². The van der Waals surface area contributed by atoms with E-state index < -0.39 is 0 Å². The van der Waals surface area contributed by atoms with E-state index in [0.717, 1.165) is 29.0 Å². The van der Waals surface area contributed by atoms with Crippen molar-refractivity contribution in [2.45, 2.75) is 20.0 Å². The molecular formula is C15H16N4. The van der Waals surface area contributed by atoms with Crippen LogP contribution in [0.5, 0.6) is 0 Å². The number of hydrogen-bond donors (Lipinski definition) is 1. The van der Waals surface area contributed by atoms with Gasteiger partial charge >= 0.3 is 0 Å². The topological polar surface area (TPSA) is 42.7 Å². The average Bonchev–Trinajstić information content (AvgIpc) is 2.92. The van der Waals surface area contributed by atoms with Crippen LogP contribution in [-0.4, -0.2) is 14.5 Å². The number of benzene rings is 1. The van der Waals surface area contributed by atoms with Crippen molar-refractivity contribution in [2.75, 3.05) is 5.32 Å². The zero-order chi connectivity index (χ0) is 13.1. The van der Waals surface area contributed by atoms with E-state index in [4.69, 9.17) is 0 Å². The van der Waals surface area contributed by atoms with Crippen LogP contribution in [0.25, 0.3) is 10.9 Å². The molecule has 0 saturated carbocycles. The minimum Gasteiger partial charge on any atom is -0.376 e. The van der Waals surface area contributed by atoms with Gasteiger partial charge in [-0.05, 0) is 19.1 Å². The molecule has 0 fully saturated rings. The Balaban J connectivity index is 1.86. The fourth-order valence-corrected chi connectivity index (χ4v) is 2.22. The fraction of sp³-hybridized carbons (Fsp3) is 0.200. The number of pyridine rings is 1. The molecule has 0 bridgehead atoms. The van der Waals surface area contributed by atoms with Crippen molar-refractivity contribution in [1.82, 2.24) is 14.5 Å². The molecular weight excluding hydrogens is 236 g/mol. The summed E-state index contributed by atoms with van der Waals surface area (Å²) in [5.41, 5.74) is 2.04. The van der Waals surface area contributed by atoms with E-state index in [1.54, 1.807) is 0 Å². The molecule has 0 aliphatic carbocycles. The van der Waals surface area contributed by atoms with Gasteiger partial charge in [-0.25, -0.2) is 4.98 Å². The van der Waals surface area contributed by atoms with Gasteiger partial charge < -0.3 is 9.88 Å². The number of nitrogens with zero attached hydrogens (tertiary/aromatic N) is 3. The number of rotatable bonds is 4. The summed E-state index contributed by atoms with van der Waals surface area (Å²) in [5.74, 6) is 1.04. The molecule has 1 N–H and O–H groups in total. The highest BCUT2D eigenvalue weighted by Gasteiger charge is 2.04. The lowest BCUT2D eigenvalue weighted by Crippen LogP contribution is -2.07. The Labute approximate surface area is 112 Å². The second kappa shape index (κ2) is 5.10. The SMILES string of the molecule is CCn1ccnc1CNc1cccc2cccnc12. The first-order chi connectivity index (χ1) is 9.38. The molecule has 96 valence electrons. The predicted octanol–water partition coefficient (Wildman–Crippen LogP) is 3.06. The summed E-state index contributed by atoms with van der Waals surface area (Å²) in [6, 6.07) is 10.2. The molecule has 0 unspecified atom stereocenters. The molecule has 2 aromatic heterocycles. The number of aryl methyl sites for hydroxylation is 1. The van der Waals surface area contributed by atoms with E-state index in [-0.39, 0.29) is 0 Å². The molecule has 1 aromatic carbocycles. The van der Waals surface area contributed by atoms with E-state index in [9.17, 15) is 0 Å². The van der Waals surface area contributed by atoms with Crippen molar-refractivity contribution in [1.29, 1.82) is 0 Å². The third-order valence-corrected chi connectivity index (χ3v) is 3.21. The zero-order valence-corrected chi connectivity index (χ0v) is 10.9. The van der Waals surface area contributed by atoms with Crippen LogP contribution in [-0.2, 0) is 13.1 Å². The molecule has 4 nitrogen and oxygen atoms in total. The summed E-state index contributed by atoms with van der Waals surface area (Å²) in [4.78, 5) is 8.80. The normalized spacial score (nSPS) is 10.8. The lowest BCUT2D eigenvalue weighted by molar-refractivity contribution is 0.708. The minimum absolute atomic E-state index is 0.705. The summed E-state index contributed by atoms with van der Waals surface area (Å²) >= 11 is 0. The third-order valence-electron chi connectivity index (χ3n) is 3.21. The highest BCUT2D eigenvalue weighted by atomic mass is 15.1. The van der Waals surface area contributed by atoms with Crippen LogP contribution in [0, 0.1) is 0 Å². The van der Waals surface area contributed by atoms with Crippen LogP contribution < -0.4 is 5.32 Å². The summed E-state index contributed by atoms with van der Waals surface area (Å²) in [6.07, 6.45) is 5.65. The van der Waals surface area contributed by atoms with Gasteiger partial charge in [-0.1, -0.05) is 18.2 Å². The molecule has 0 radical (unpaired) electrons. The van der Waals surface area contributed by atoms with E-state index in [2.05, 4.69) is 45.0 Å². The second-order valence-electron chi connectivity index (χ2n) is 4.36. The maximum absolute atomic E-state index is 4.43. The maximum atomic E-state index is 4.43. The molecule has 4 heteroatoms. The number of imidazole rings is 1. The molecule has 0 saturated heterocycles. The van der Waals surface area contributed by atoms with Gasteiger partial charge in [-0.2, -0.15) is 0 Å². The van der Waals surface area contributed by atoms with Gasteiger partial charge in [0.2, 0.25) is 0 Å². The largest absolute Gasteiger partial charge is 0.376 e. The van der Waals surface area contributed by atoms with Crippen molar-refractivity contribution in [3.8, 4) is 0 Å². The predicted molar refractivity (Wildman–Crippen MR) is 77.0 cm³/mol. The second-order valence-corrected chi connectivity index (χ2v) is 4.36. The van der Waals surface area contributed by atoms with Gasteiger partial charge in [0.25, 0.3) is 0 Å². The molecule has 0 amide bonds. The van der Waals surface area contributed by atoms with E-state index >= 15 is 0 Å². The molecule has 2 heterocycles. The van der Waals surface area contributed by atoms with Gasteiger partial charge in [-0.15, -0.1) is 0 Å². The van der Waals surface area contributed by atoms with Crippen molar-refractivity contribution >= 4 is 16.6 Å². The average molecular weight is 252 g/mol. The summed E-state index contributed by atoms with van der Waals surface area (Å²) in [6.45, 7) is 3.76. The number of nitrogens with one attached hydrogen (secondary N) is 1. The number of anilines is 1. The summed E-state index contributed by atoms with van der Waals surface area (Å²) < 4.78 is 2.13. The highest BCUT2D eigenvalue weighted by Crippen LogP contribution is 2.20. The molecule has 0 aliphatic rings. The first-order valence-electron chi connectivity index (χ1n) is 6.46. The number of aromatic nitrogens is 3. The van der Waals surface area contributed by atoms with E-state index in [1.807, 2.05) is 30.7 Å².